The van der Waals surface area contributed by atoms with E-state index in [1.165, 1.54) is 51.4 Å². The van der Waals surface area contributed by atoms with Crippen molar-refractivity contribution in [2.45, 2.75) is 144 Å². The van der Waals surface area contributed by atoms with Gasteiger partial charge in [-0.2, -0.15) is 0 Å². The Kier molecular flexibility index (Phi) is 14.7. The highest BCUT2D eigenvalue weighted by Gasteiger charge is 2.34. The van der Waals surface area contributed by atoms with Crippen LogP contribution in [-0.2, 0) is 20.7 Å². The van der Waals surface area contributed by atoms with Gasteiger partial charge in [0.2, 0.25) is 0 Å². The van der Waals surface area contributed by atoms with Crippen molar-refractivity contribution in [2.75, 3.05) is 13.2 Å². The first-order chi connectivity index (χ1) is 19.4. The van der Waals surface area contributed by atoms with E-state index in [2.05, 4.69) is 34.6 Å². The molecule has 1 N–H and O–H groups in total. The van der Waals surface area contributed by atoms with Gasteiger partial charge in [0.1, 0.15) is 23.7 Å². The van der Waals surface area contributed by atoms with Crippen LogP contribution < -0.4 is 9.47 Å². The van der Waals surface area contributed by atoms with E-state index in [-0.39, 0.29) is 31.7 Å². The Bertz CT molecular complexity index is 984. The maximum absolute atomic E-state index is 12.5. The average molecular weight is 575 g/mol. The fourth-order valence-corrected chi connectivity index (χ4v) is 6.01. The van der Waals surface area contributed by atoms with E-state index in [1.807, 2.05) is 20.8 Å². The van der Waals surface area contributed by atoms with E-state index in [1.54, 1.807) is 0 Å². The van der Waals surface area contributed by atoms with Gasteiger partial charge in [-0.3, -0.25) is 9.59 Å². The van der Waals surface area contributed by atoms with E-state index < -0.39 is 11.9 Å². The van der Waals surface area contributed by atoms with Crippen LogP contribution in [0.5, 0.6) is 11.5 Å². The summed E-state index contributed by atoms with van der Waals surface area (Å²) >= 11 is 0. The third-order valence-electron chi connectivity index (χ3n) is 8.94. The fraction of sp³-hybridized carbons (Fsp3) is 0.771. The lowest BCUT2D eigenvalue weighted by Gasteiger charge is -2.38. The van der Waals surface area contributed by atoms with Crippen LogP contribution in [0.1, 0.15) is 134 Å². The first-order valence-corrected chi connectivity index (χ1v) is 16.2. The van der Waals surface area contributed by atoms with Gasteiger partial charge in [0, 0.05) is 5.56 Å². The molecular formula is C35H58O6. The lowest BCUT2D eigenvalue weighted by Crippen LogP contribution is -2.37. The van der Waals surface area contributed by atoms with E-state index in [0.29, 0.717) is 5.75 Å². The van der Waals surface area contributed by atoms with Gasteiger partial charge in [-0.15, -0.1) is 0 Å². The molecule has 0 spiro atoms. The molecule has 0 unspecified atom stereocenters. The molecule has 41 heavy (non-hydrogen) atoms. The van der Waals surface area contributed by atoms with Gasteiger partial charge in [-0.1, -0.05) is 72.6 Å². The molecule has 0 aliphatic carbocycles. The van der Waals surface area contributed by atoms with Gasteiger partial charge in [-0.25, -0.2) is 0 Å². The zero-order valence-corrected chi connectivity index (χ0v) is 27.3. The van der Waals surface area contributed by atoms with Crippen LogP contribution in [0.4, 0.5) is 0 Å². The summed E-state index contributed by atoms with van der Waals surface area (Å²) in [5.74, 6) is 2.95. The van der Waals surface area contributed by atoms with Crippen molar-refractivity contribution in [3.63, 3.8) is 0 Å². The topological polar surface area (TPSA) is 82.1 Å². The van der Waals surface area contributed by atoms with Crippen LogP contribution in [0.3, 0.4) is 0 Å². The van der Waals surface area contributed by atoms with Crippen LogP contribution in [0.2, 0.25) is 0 Å². The highest BCUT2D eigenvalue weighted by molar-refractivity contribution is 5.80. The zero-order valence-electron chi connectivity index (χ0n) is 27.3. The summed E-state index contributed by atoms with van der Waals surface area (Å²) in [5, 5.41) is 8.76. The maximum Gasteiger partial charge on any atom is 0.311 e. The fourth-order valence-electron chi connectivity index (χ4n) is 6.01. The minimum atomic E-state index is -0.518. The predicted octanol–water partition coefficient (Wildman–Crippen LogP) is 8.36. The van der Waals surface area contributed by atoms with E-state index in [9.17, 15) is 9.59 Å². The third kappa shape index (κ3) is 11.6. The molecule has 0 saturated heterocycles. The highest BCUT2D eigenvalue weighted by Crippen LogP contribution is 2.45. The van der Waals surface area contributed by atoms with Crippen molar-refractivity contribution in [3.05, 3.63) is 22.3 Å². The second kappa shape index (κ2) is 17.1. The van der Waals surface area contributed by atoms with Crippen LogP contribution >= 0.6 is 0 Å². The summed E-state index contributed by atoms with van der Waals surface area (Å²) in [6, 6.07) is 0. The molecule has 0 aromatic heterocycles. The molecule has 0 bridgehead atoms. The summed E-state index contributed by atoms with van der Waals surface area (Å²) in [5.41, 5.74) is 3.78. The summed E-state index contributed by atoms with van der Waals surface area (Å²) in [4.78, 5) is 24.2. The Labute approximate surface area is 249 Å². The average Bonchev–Trinajstić information content (AvgIpc) is 2.91. The first-order valence-electron chi connectivity index (χ1n) is 16.2. The van der Waals surface area contributed by atoms with E-state index in [0.717, 1.165) is 65.0 Å². The van der Waals surface area contributed by atoms with Crippen LogP contribution in [-0.4, -0.2) is 35.9 Å². The smallest absolute Gasteiger partial charge is 0.311 e. The number of fused-ring (bicyclic) bond motifs is 1. The summed E-state index contributed by atoms with van der Waals surface area (Å²) < 4.78 is 17.3. The van der Waals surface area contributed by atoms with Crippen molar-refractivity contribution >= 4 is 11.9 Å². The summed E-state index contributed by atoms with van der Waals surface area (Å²) in [6.07, 6.45) is 13.2. The van der Waals surface area contributed by atoms with Crippen molar-refractivity contribution < 1.29 is 28.9 Å². The number of carbonyl (C=O) groups excluding carboxylic acids is 2. The van der Waals surface area contributed by atoms with Crippen LogP contribution in [0.25, 0.3) is 0 Å². The number of aliphatic hydroxyl groups is 1. The van der Waals surface area contributed by atoms with Crippen molar-refractivity contribution in [2.24, 2.45) is 17.8 Å². The number of ether oxygens (including phenoxy) is 3. The standard InChI is InChI=1S/C35H58O6/c1-24(2)12-9-13-25(3)14-10-15-26(4)16-11-20-35(8)21-19-30-29(7)33(27(5)28(6)34(30)41-35)40-32(38)18-17-31(37)39-23-22-36/h24-26,36H,9-23H2,1-8H3/t25-,26+,35+/m0/s1. The molecule has 0 fully saturated rings. The van der Waals surface area contributed by atoms with Crippen molar-refractivity contribution in [1.29, 1.82) is 0 Å². The Morgan fingerprint density at radius 1 is 0.854 bits per heavy atom. The molecule has 0 radical (unpaired) electrons. The normalized spacial score (nSPS) is 18.0. The van der Waals surface area contributed by atoms with E-state index in [4.69, 9.17) is 19.3 Å². The quantitative estimate of drug-likeness (QED) is 0.140. The molecule has 6 nitrogen and oxygen atoms in total. The van der Waals surface area contributed by atoms with Gasteiger partial charge in [0.05, 0.1) is 19.4 Å². The molecule has 6 heteroatoms. The van der Waals surface area contributed by atoms with Crippen molar-refractivity contribution in [1.82, 2.24) is 0 Å². The SMILES string of the molecule is Cc1c(C)c2c(c(C)c1OC(=O)CCC(=O)OCCO)CC[C@@](C)(CCC[C@H](C)CCC[C@@H](C)CCCC(C)C)O2. The minimum Gasteiger partial charge on any atom is -0.487 e. The first kappa shape index (κ1) is 35.1. The largest absolute Gasteiger partial charge is 0.487 e. The number of hydrogen-bond acceptors (Lipinski definition) is 6. The van der Waals surface area contributed by atoms with Gasteiger partial charge in [-0.05, 0) is 87.8 Å². The van der Waals surface area contributed by atoms with Gasteiger partial charge in [0.25, 0.3) is 0 Å². The number of aliphatic hydroxyl groups excluding tert-OH is 1. The van der Waals surface area contributed by atoms with Crippen LogP contribution in [0, 0.1) is 38.5 Å². The number of benzene rings is 1. The summed E-state index contributed by atoms with van der Waals surface area (Å²) in [6.45, 7) is 17.4. The second-order valence-corrected chi connectivity index (χ2v) is 13.3. The molecule has 0 amide bonds. The lowest BCUT2D eigenvalue weighted by atomic mass is 9.83. The molecule has 3 atom stereocenters. The molecule has 234 valence electrons. The third-order valence-corrected chi connectivity index (χ3v) is 8.94. The Morgan fingerprint density at radius 2 is 1.44 bits per heavy atom. The van der Waals surface area contributed by atoms with E-state index >= 15 is 0 Å². The molecule has 1 aromatic carbocycles. The molecule has 1 aliphatic rings. The number of esters is 2. The predicted molar refractivity (Wildman–Crippen MR) is 166 cm³/mol. The van der Waals surface area contributed by atoms with Crippen LogP contribution in [0.15, 0.2) is 0 Å². The molecule has 1 heterocycles. The highest BCUT2D eigenvalue weighted by atomic mass is 16.5. The molecule has 2 rings (SSSR count). The molecule has 1 aliphatic heterocycles. The Hall–Kier alpha value is -2.08. The number of carbonyl (C=O) groups is 2. The second-order valence-electron chi connectivity index (χ2n) is 13.3. The van der Waals surface area contributed by atoms with Gasteiger partial charge < -0.3 is 19.3 Å². The molecular weight excluding hydrogens is 516 g/mol. The zero-order chi connectivity index (χ0) is 30.6. The van der Waals surface area contributed by atoms with Gasteiger partial charge >= 0.3 is 11.9 Å². The molecule has 1 aromatic rings. The maximum atomic E-state index is 12.5. The van der Waals surface area contributed by atoms with Crippen molar-refractivity contribution in [3.8, 4) is 11.5 Å². The number of hydrogen-bond donors (Lipinski definition) is 1. The monoisotopic (exact) mass is 574 g/mol. The Morgan fingerprint density at radius 3 is 2.05 bits per heavy atom. The Balaban J connectivity index is 1.86. The minimum absolute atomic E-state index is 0.0633. The molecule has 0 saturated carbocycles. The van der Waals surface area contributed by atoms with Gasteiger partial charge in [0.15, 0.2) is 0 Å². The number of rotatable bonds is 18. The lowest BCUT2D eigenvalue weighted by molar-refractivity contribution is -0.147. The summed E-state index contributed by atoms with van der Waals surface area (Å²) in [7, 11) is 0.